The normalized spacial score (nSPS) is 14.3. The molecule has 1 aliphatic heterocycles. The maximum absolute atomic E-state index is 13.7. The number of rotatable bonds is 4. The maximum Gasteiger partial charge on any atom is 0.236 e. The number of aromatic nitrogens is 1. The number of nitrogens with zero attached hydrogens (tertiary/aromatic N) is 4. The van der Waals surface area contributed by atoms with E-state index in [4.69, 9.17) is 28.9 Å². The predicted molar refractivity (Wildman–Crippen MR) is 107 cm³/mol. The van der Waals surface area contributed by atoms with Crippen LogP contribution >= 0.6 is 34.5 Å². The third-order valence-electron chi connectivity index (χ3n) is 3.99. The Labute approximate surface area is 168 Å². The summed E-state index contributed by atoms with van der Waals surface area (Å²) in [4.78, 5) is 4.49. The molecule has 0 saturated carbocycles. The molecule has 1 aromatic carbocycles. The van der Waals surface area contributed by atoms with E-state index in [1.807, 2.05) is 29.0 Å². The molecule has 1 aliphatic rings. The quantitative estimate of drug-likeness (QED) is 0.615. The number of pyridine rings is 1. The number of nitrogens with two attached hydrogens (primary N) is 1. The highest BCUT2D eigenvalue weighted by molar-refractivity contribution is 7.08. The average Bonchev–Trinajstić information content (AvgIpc) is 3.32. The van der Waals surface area contributed by atoms with Crippen LogP contribution in [0.5, 0.6) is 0 Å². The standard InChI is InChI=1S/C17H13Cl2FN6S/c18-14-12(20)3-4-13(15(14)19)26-17(21)23-24-25(26)8-10-2-1-6-22-16(10)11-5-7-27-9-11/h1-7,9,24H,8H2,(H2,21,23). The minimum Gasteiger partial charge on any atom is -0.367 e. The first-order chi connectivity index (χ1) is 13.1. The molecule has 0 aliphatic carbocycles. The number of hydrazine groups is 2. The van der Waals surface area contributed by atoms with E-state index in [0.29, 0.717) is 12.2 Å². The first-order valence-corrected chi connectivity index (χ1v) is 9.52. The molecular weight excluding hydrogens is 410 g/mol. The summed E-state index contributed by atoms with van der Waals surface area (Å²) >= 11 is 13.8. The van der Waals surface area contributed by atoms with E-state index in [1.165, 1.54) is 17.1 Å². The highest BCUT2D eigenvalue weighted by Crippen LogP contribution is 2.36. The molecule has 0 saturated heterocycles. The second-order valence-corrected chi connectivity index (χ2v) is 7.19. The van der Waals surface area contributed by atoms with Crippen LogP contribution in [0.25, 0.3) is 11.3 Å². The number of nitrogens with one attached hydrogen (secondary N) is 1. The van der Waals surface area contributed by atoms with Gasteiger partial charge in [-0.05, 0) is 35.2 Å². The largest absolute Gasteiger partial charge is 0.367 e. The minimum absolute atomic E-state index is 0.0489. The summed E-state index contributed by atoms with van der Waals surface area (Å²) in [7, 11) is 0. The fourth-order valence-electron chi connectivity index (χ4n) is 2.75. The van der Waals surface area contributed by atoms with Gasteiger partial charge in [0.1, 0.15) is 5.82 Å². The summed E-state index contributed by atoms with van der Waals surface area (Å²) in [5, 5.41) is 11.1. The van der Waals surface area contributed by atoms with Gasteiger partial charge in [0.2, 0.25) is 5.96 Å². The van der Waals surface area contributed by atoms with Gasteiger partial charge in [0.15, 0.2) is 0 Å². The molecule has 3 aromatic rings. The van der Waals surface area contributed by atoms with E-state index >= 15 is 0 Å². The van der Waals surface area contributed by atoms with Gasteiger partial charge in [0.05, 0.1) is 28.0 Å². The Kier molecular flexibility index (Phi) is 4.88. The zero-order chi connectivity index (χ0) is 19.0. The van der Waals surface area contributed by atoms with E-state index in [9.17, 15) is 4.39 Å². The number of guanidine groups is 1. The van der Waals surface area contributed by atoms with Crippen molar-refractivity contribution in [3.8, 4) is 11.3 Å². The van der Waals surface area contributed by atoms with Crippen molar-refractivity contribution >= 4 is 46.2 Å². The van der Waals surface area contributed by atoms with Crippen LogP contribution in [0.2, 0.25) is 10.0 Å². The van der Waals surface area contributed by atoms with Gasteiger partial charge in [-0.3, -0.25) is 4.98 Å². The SMILES string of the molecule is NC1=NNN(Cc2cccnc2-c2ccsc2)N1c1ccc(F)c(Cl)c1Cl. The van der Waals surface area contributed by atoms with Crippen LogP contribution in [0.15, 0.2) is 52.4 Å². The van der Waals surface area contributed by atoms with Gasteiger partial charge in [-0.1, -0.05) is 29.3 Å². The van der Waals surface area contributed by atoms with Gasteiger partial charge in [-0.15, -0.1) is 10.2 Å². The number of hydrazone groups is 1. The first-order valence-electron chi connectivity index (χ1n) is 7.82. The van der Waals surface area contributed by atoms with Crippen LogP contribution in [0.4, 0.5) is 10.1 Å². The number of benzene rings is 1. The molecule has 0 unspecified atom stereocenters. The minimum atomic E-state index is -0.605. The Morgan fingerprint density at radius 1 is 1.19 bits per heavy atom. The number of thiophene rings is 1. The Bertz CT molecular complexity index is 1010. The summed E-state index contributed by atoms with van der Waals surface area (Å²) in [6.45, 7) is 0.383. The van der Waals surface area contributed by atoms with Crippen molar-refractivity contribution in [3.05, 3.63) is 68.7 Å². The first kappa shape index (κ1) is 18.0. The molecule has 138 valence electrons. The average molecular weight is 423 g/mol. The van der Waals surface area contributed by atoms with Gasteiger partial charge >= 0.3 is 0 Å². The van der Waals surface area contributed by atoms with Crippen molar-refractivity contribution in [1.82, 2.24) is 15.6 Å². The molecule has 2 aromatic heterocycles. The molecule has 0 fully saturated rings. The fourth-order valence-corrected chi connectivity index (χ4v) is 3.78. The van der Waals surface area contributed by atoms with Crippen molar-refractivity contribution in [2.75, 3.05) is 5.01 Å². The second kappa shape index (κ2) is 7.32. The number of halogens is 3. The van der Waals surface area contributed by atoms with E-state index in [0.717, 1.165) is 16.8 Å². The molecule has 0 bridgehead atoms. The second-order valence-electron chi connectivity index (χ2n) is 5.66. The summed E-state index contributed by atoms with van der Waals surface area (Å²) in [6, 6.07) is 8.56. The highest BCUT2D eigenvalue weighted by atomic mass is 35.5. The fraction of sp³-hybridized carbons (Fsp3) is 0.0588. The van der Waals surface area contributed by atoms with Crippen molar-refractivity contribution in [2.24, 2.45) is 10.8 Å². The van der Waals surface area contributed by atoms with Crippen molar-refractivity contribution in [2.45, 2.75) is 6.54 Å². The Morgan fingerprint density at radius 2 is 2.04 bits per heavy atom. The molecule has 0 amide bonds. The lowest BCUT2D eigenvalue weighted by atomic mass is 10.1. The van der Waals surface area contributed by atoms with Gasteiger partial charge in [0.25, 0.3) is 0 Å². The van der Waals surface area contributed by atoms with E-state index in [-0.39, 0.29) is 16.0 Å². The van der Waals surface area contributed by atoms with E-state index in [2.05, 4.69) is 15.6 Å². The monoisotopic (exact) mass is 422 g/mol. The molecular formula is C17H13Cl2FN6S. The highest BCUT2D eigenvalue weighted by Gasteiger charge is 2.29. The summed E-state index contributed by atoms with van der Waals surface area (Å²) in [6.07, 6.45) is 1.74. The van der Waals surface area contributed by atoms with Crippen LogP contribution in [0.1, 0.15) is 5.56 Å². The third kappa shape index (κ3) is 3.32. The van der Waals surface area contributed by atoms with Gasteiger partial charge in [0, 0.05) is 17.1 Å². The van der Waals surface area contributed by atoms with Gasteiger partial charge in [-0.25, -0.2) is 14.9 Å². The van der Waals surface area contributed by atoms with Crippen LogP contribution in [-0.2, 0) is 6.54 Å². The van der Waals surface area contributed by atoms with Gasteiger partial charge in [-0.2, -0.15) is 11.3 Å². The Hall–Kier alpha value is -2.39. The van der Waals surface area contributed by atoms with Crippen LogP contribution < -0.4 is 16.3 Å². The van der Waals surface area contributed by atoms with Crippen LogP contribution in [0, 0.1) is 5.82 Å². The topological polar surface area (TPSA) is 69.8 Å². The smallest absolute Gasteiger partial charge is 0.236 e. The maximum atomic E-state index is 13.7. The van der Waals surface area contributed by atoms with Crippen LogP contribution in [-0.4, -0.2) is 16.1 Å². The summed E-state index contributed by atoms with van der Waals surface area (Å²) < 4.78 is 13.7. The molecule has 0 spiro atoms. The van der Waals surface area contributed by atoms with Crippen molar-refractivity contribution < 1.29 is 4.39 Å². The summed E-state index contributed by atoms with van der Waals surface area (Å²) in [5.41, 5.74) is 12.1. The molecule has 0 atom stereocenters. The molecule has 3 heterocycles. The lowest BCUT2D eigenvalue weighted by Crippen LogP contribution is -2.47. The lowest BCUT2D eigenvalue weighted by Gasteiger charge is -2.29. The number of hydrogen-bond donors (Lipinski definition) is 2. The van der Waals surface area contributed by atoms with E-state index < -0.39 is 5.82 Å². The third-order valence-corrected chi connectivity index (χ3v) is 5.52. The van der Waals surface area contributed by atoms with Crippen molar-refractivity contribution in [1.29, 1.82) is 0 Å². The molecule has 0 radical (unpaired) electrons. The Balaban J connectivity index is 1.69. The number of hydrogen-bond acceptors (Lipinski definition) is 7. The zero-order valence-electron chi connectivity index (χ0n) is 13.7. The lowest BCUT2D eigenvalue weighted by molar-refractivity contribution is 0.212. The van der Waals surface area contributed by atoms with Crippen LogP contribution in [0.3, 0.4) is 0 Å². The van der Waals surface area contributed by atoms with Crippen molar-refractivity contribution in [3.63, 3.8) is 0 Å². The van der Waals surface area contributed by atoms with E-state index in [1.54, 1.807) is 22.7 Å². The molecule has 3 N–H and O–H groups in total. The summed E-state index contributed by atoms with van der Waals surface area (Å²) in [5.74, 6) is -0.452. The number of anilines is 1. The molecule has 10 heteroatoms. The predicted octanol–water partition coefficient (Wildman–Crippen LogP) is 4.23. The van der Waals surface area contributed by atoms with Gasteiger partial charge < -0.3 is 5.73 Å². The molecule has 27 heavy (non-hydrogen) atoms. The molecule has 6 nitrogen and oxygen atoms in total. The zero-order valence-corrected chi connectivity index (χ0v) is 16.1. The Morgan fingerprint density at radius 3 is 2.81 bits per heavy atom. The molecule has 4 rings (SSSR count).